The van der Waals surface area contributed by atoms with Crippen LogP contribution in [0.4, 0.5) is 0 Å². The molecule has 0 saturated heterocycles. The topological polar surface area (TPSA) is 208 Å². The summed E-state index contributed by atoms with van der Waals surface area (Å²) < 4.78 is 0. The Morgan fingerprint density at radius 2 is 0.852 bits per heavy atom. The molecular formula is C42H54N4O8. The molecule has 0 aliphatic rings. The molecule has 0 saturated carbocycles. The lowest BCUT2D eigenvalue weighted by Crippen LogP contribution is -2.26. The lowest BCUT2D eigenvalue weighted by Gasteiger charge is -2.20. The molecule has 12 nitrogen and oxygen atoms in total. The van der Waals surface area contributed by atoms with Crippen LogP contribution in [0, 0.1) is 0 Å². The number of hydrogen-bond acceptors (Lipinski definition) is 8. The van der Waals surface area contributed by atoms with E-state index in [4.69, 9.17) is 21.7 Å². The van der Waals surface area contributed by atoms with Crippen LogP contribution in [-0.2, 0) is 22.4 Å². The highest BCUT2D eigenvalue weighted by atomic mass is 16.4. The van der Waals surface area contributed by atoms with E-state index in [9.17, 15) is 29.4 Å². The van der Waals surface area contributed by atoms with Gasteiger partial charge in [-0.15, -0.1) is 0 Å². The predicted octanol–water partition coefficient (Wildman–Crippen LogP) is 4.70. The maximum atomic E-state index is 11.0. The van der Waals surface area contributed by atoms with Crippen LogP contribution in [0.15, 0.2) is 109 Å². The van der Waals surface area contributed by atoms with Crippen molar-refractivity contribution in [3.8, 4) is 0 Å². The Morgan fingerprint density at radius 3 is 1.13 bits per heavy atom. The quantitative estimate of drug-likeness (QED) is 0.0780. The van der Waals surface area contributed by atoms with Crippen LogP contribution in [-0.4, -0.2) is 94.3 Å². The third kappa shape index (κ3) is 18.9. The molecule has 4 aromatic rings. The minimum absolute atomic E-state index is 0.296. The number of primary amides is 2. The summed E-state index contributed by atoms with van der Waals surface area (Å²) in [7, 11) is 4.03. The monoisotopic (exact) mass is 742 g/mol. The number of nitrogens with zero attached hydrogens (tertiary/aromatic N) is 2. The van der Waals surface area contributed by atoms with Gasteiger partial charge >= 0.3 is 11.9 Å². The number of carboxylic acids is 2. The second-order valence-corrected chi connectivity index (χ2v) is 13.0. The summed E-state index contributed by atoms with van der Waals surface area (Å²) in [6.45, 7) is 3.04. The summed E-state index contributed by atoms with van der Waals surface area (Å²) in [4.78, 5) is 45.6. The van der Waals surface area contributed by atoms with E-state index in [0.29, 0.717) is 24.2 Å². The van der Waals surface area contributed by atoms with Gasteiger partial charge in [0, 0.05) is 24.2 Å². The average Bonchev–Trinajstić information content (AvgIpc) is 3.15. The van der Waals surface area contributed by atoms with Gasteiger partial charge in [-0.25, -0.2) is 0 Å². The van der Waals surface area contributed by atoms with E-state index >= 15 is 0 Å². The van der Waals surface area contributed by atoms with Crippen molar-refractivity contribution in [2.45, 2.75) is 50.7 Å². The van der Waals surface area contributed by atoms with Gasteiger partial charge in [0.2, 0.25) is 11.8 Å². The van der Waals surface area contributed by atoms with Crippen molar-refractivity contribution in [1.29, 1.82) is 0 Å². The van der Waals surface area contributed by atoms with E-state index < -0.39 is 36.0 Å². The first-order valence-corrected chi connectivity index (χ1v) is 17.8. The predicted molar refractivity (Wildman–Crippen MR) is 209 cm³/mol. The fourth-order valence-electron chi connectivity index (χ4n) is 5.33. The number of aliphatic hydroxyl groups excluding tert-OH is 2. The molecule has 0 heterocycles. The highest BCUT2D eigenvalue weighted by Crippen LogP contribution is 2.15. The number of amides is 2. The maximum Gasteiger partial charge on any atom is 0.303 e. The van der Waals surface area contributed by atoms with Gasteiger partial charge in [0.1, 0.15) is 0 Å². The van der Waals surface area contributed by atoms with Crippen molar-refractivity contribution >= 4 is 23.8 Å². The fourth-order valence-corrected chi connectivity index (χ4v) is 5.33. The first-order chi connectivity index (χ1) is 25.7. The van der Waals surface area contributed by atoms with Crippen LogP contribution in [0.25, 0.3) is 0 Å². The van der Waals surface area contributed by atoms with Gasteiger partial charge in [0.15, 0.2) is 0 Å². The number of benzene rings is 4. The first kappa shape index (κ1) is 44.8. The van der Waals surface area contributed by atoms with Crippen molar-refractivity contribution in [3.63, 3.8) is 0 Å². The molecule has 8 N–H and O–H groups in total. The molecule has 0 radical (unpaired) electrons. The van der Waals surface area contributed by atoms with Gasteiger partial charge in [-0.3, -0.25) is 19.2 Å². The molecule has 2 amide bonds. The highest BCUT2D eigenvalue weighted by molar-refractivity contribution is 5.93. The number of carbonyl (C=O) groups is 4. The summed E-state index contributed by atoms with van der Waals surface area (Å²) in [6, 6.07) is 34.3. The van der Waals surface area contributed by atoms with Gasteiger partial charge in [0.05, 0.1) is 25.0 Å². The van der Waals surface area contributed by atoms with E-state index in [-0.39, 0.29) is 12.8 Å². The summed E-state index contributed by atoms with van der Waals surface area (Å²) in [6.07, 6.45) is 2.34. The number of aryl methyl sites for hydroxylation is 2. The minimum Gasteiger partial charge on any atom is -0.481 e. The van der Waals surface area contributed by atoms with Crippen LogP contribution in [0.1, 0.15) is 80.9 Å². The summed E-state index contributed by atoms with van der Waals surface area (Å²) in [5, 5.41) is 36.2. The van der Waals surface area contributed by atoms with Crippen LogP contribution >= 0.6 is 0 Å². The van der Waals surface area contributed by atoms with Crippen molar-refractivity contribution in [2.24, 2.45) is 11.5 Å². The molecule has 12 heteroatoms. The Kier molecular flexibility index (Phi) is 20.5. The molecule has 4 aromatic carbocycles. The van der Waals surface area contributed by atoms with Gasteiger partial charge < -0.3 is 41.7 Å². The van der Waals surface area contributed by atoms with E-state index in [1.54, 1.807) is 24.3 Å². The summed E-state index contributed by atoms with van der Waals surface area (Å²) in [5.74, 6) is -2.95. The van der Waals surface area contributed by atoms with E-state index in [2.05, 4.69) is 9.80 Å². The zero-order chi connectivity index (χ0) is 39.9. The standard InChI is InChI=1S/2C19H24N2O2.C4H6O4/c2*1-21(14-18(22)16-7-3-2-4-8-16)13-5-6-15-9-11-17(12-10-15)19(20)23;5-3(6)1-2-4(7)8/h2*2-4,7-12,18,22H,5-6,13-14H2,1H3,(H2,20,23);1-2H2,(H,5,6)(H,7,8)/t2*18-;/m11./s1. The maximum absolute atomic E-state index is 11.0. The largest absolute Gasteiger partial charge is 0.481 e. The second-order valence-electron chi connectivity index (χ2n) is 13.0. The fraction of sp³-hybridized carbons (Fsp3) is 0.333. The Balaban J connectivity index is 0.000000312. The molecule has 0 unspecified atom stereocenters. The molecular weight excluding hydrogens is 688 g/mol. The number of aliphatic hydroxyl groups is 2. The first-order valence-electron chi connectivity index (χ1n) is 17.8. The summed E-state index contributed by atoms with van der Waals surface area (Å²) in [5.41, 5.74) is 15.8. The van der Waals surface area contributed by atoms with Crippen LogP contribution < -0.4 is 11.5 Å². The molecule has 0 aromatic heterocycles. The van der Waals surface area contributed by atoms with Gasteiger partial charge in [-0.1, -0.05) is 84.9 Å². The number of carboxylic acid groups (broad SMARTS) is 2. The SMILES string of the molecule is CN(CCCc1ccc(C(N)=O)cc1)C[C@@H](O)c1ccccc1.CN(CCCc1ccc(C(N)=O)cc1)C[C@@H](O)c1ccccc1.O=C(O)CCC(=O)O. The van der Waals surface area contributed by atoms with Crippen LogP contribution in [0.2, 0.25) is 0 Å². The van der Waals surface area contributed by atoms with Gasteiger partial charge in [-0.05, 0) is 99.4 Å². The van der Waals surface area contributed by atoms with Crippen molar-refractivity contribution < 1.29 is 39.6 Å². The Hall–Kier alpha value is -5.40. The Bertz CT molecular complexity index is 1560. The van der Waals surface area contributed by atoms with Crippen molar-refractivity contribution in [1.82, 2.24) is 9.80 Å². The highest BCUT2D eigenvalue weighted by Gasteiger charge is 2.11. The number of hydrogen-bond donors (Lipinski definition) is 6. The normalized spacial score (nSPS) is 11.7. The molecule has 0 aliphatic carbocycles. The smallest absolute Gasteiger partial charge is 0.303 e. The molecule has 0 aliphatic heterocycles. The van der Waals surface area contributed by atoms with E-state index in [0.717, 1.165) is 49.9 Å². The zero-order valence-corrected chi connectivity index (χ0v) is 31.1. The molecule has 2 atom stereocenters. The number of nitrogens with two attached hydrogens (primary N) is 2. The molecule has 4 rings (SSSR count). The number of aliphatic carboxylic acids is 2. The average molecular weight is 743 g/mol. The minimum atomic E-state index is -1.08. The van der Waals surface area contributed by atoms with Crippen molar-refractivity contribution in [3.05, 3.63) is 143 Å². The van der Waals surface area contributed by atoms with Gasteiger partial charge in [0.25, 0.3) is 0 Å². The molecule has 0 bridgehead atoms. The molecule has 290 valence electrons. The number of carbonyl (C=O) groups excluding carboxylic acids is 2. The second kappa shape index (κ2) is 24.8. The van der Waals surface area contributed by atoms with Crippen LogP contribution in [0.3, 0.4) is 0 Å². The Labute approximate surface area is 317 Å². The number of rotatable bonds is 19. The van der Waals surface area contributed by atoms with Crippen LogP contribution in [0.5, 0.6) is 0 Å². The number of likely N-dealkylation sites (N-methyl/N-ethyl adjacent to an activating group) is 2. The third-order valence-corrected chi connectivity index (χ3v) is 8.38. The zero-order valence-electron chi connectivity index (χ0n) is 31.1. The molecule has 0 spiro atoms. The summed E-state index contributed by atoms with van der Waals surface area (Å²) >= 11 is 0. The van der Waals surface area contributed by atoms with Gasteiger partial charge in [-0.2, -0.15) is 0 Å². The Morgan fingerprint density at radius 1 is 0.537 bits per heavy atom. The lowest BCUT2D eigenvalue weighted by atomic mass is 10.1. The molecule has 0 fully saturated rings. The molecule has 54 heavy (non-hydrogen) atoms. The third-order valence-electron chi connectivity index (χ3n) is 8.38. The van der Waals surface area contributed by atoms with E-state index in [1.165, 1.54) is 11.1 Å². The lowest BCUT2D eigenvalue weighted by molar-refractivity contribution is -0.143. The van der Waals surface area contributed by atoms with Crippen molar-refractivity contribution in [2.75, 3.05) is 40.3 Å². The van der Waals surface area contributed by atoms with E-state index in [1.807, 2.05) is 99.0 Å².